The highest BCUT2D eigenvalue weighted by atomic mass is 16.6. The van der Waals surface area contributed by atoms with Gasteiger partial charge in [0.05, 0.1) is 19.0 Å². The first-order valence-corrected chi connectivity index (χ1v) is 11.6. The molecule has 0 saturated heterocycles. The average molecular weight is 495 g/mol. The Hall–Kier alpha value is -3.95. The van der Waals surface area contributed by atoms with E-state index in [0.29, 0.717) is 29.4 Å². The molecule has 10 nitrogen and oxygen atoms in total. The highest BCUT2D eigenvalue weighted by Gasteiger charge is 2.20. The van der Waals surface area contributed by atoms with E-state index in [9.17, 15) is 9.59 Å². The predicted molar refractivity (Wildman–Crippen MR) is 137 cm³/mol. The van der Waals surface area contributed by atoms with Gasteiger partial charge < -0.3 is 20.1 Å². The molecule has 2 amide bonds. The zero-order chi connectivity index (χ0) is 26.7. The SMILES string of the molecule is COc1ncc(C(C)(C)C)cc1NC(=O)c1ccc(C)c(-n2cc(OC(=O)NCC(C)(C)C)nn2)c1. The number of aromatic nitrogens is 4. The summed E-state index contributed by atoms with van der Waals surface area (Å²) in [6.07, 6.45) is 2.62. The van der Waals surface area contributed by atoms with Gasteiger partial charge in [-0.3, -0.25) is 4.79 Å². The van der Waals surface area contributed by atoms with Crippen molar-refractivity contribution in [3.63, 3.8) is 0 Å². The number of rotatable bonds is 6. The van der Waals surface area contributed by atoms with E-state index in [1.807, 2.05) is 39.8 Å². The molecule has 3 rings (SSSR count). The quantitative estimate of drug-likeness (QED) is 0.511. The standard InChI is InChI=1S/C26H34N6O4/c1-16-9-10-17(22(33)29-19-12-18(26(5,6)7)13-27-23(19)35-8)11-20(16)32-14-21(30-31-32)36-24(34)28-15-25(2,3)4/h9-14H,15H2,1-8H3,(H,28,34)(H,29,33). The molecule has 0 radical (unpaired) electrons. The first-order valence-electron chi connectivity index (χ1n) is 11.6. The summed E-state index contributed by atoms with van der Waals surface area (Å²) in [5.74, 6) is 0.0394. The monoisotopic (exact) mass is 494 g/mol. The highest BCUT2D eigenvalue weighted by molar-refractivity contribution is 6.05. The van der Waals surface area contributed by atoms with Gasteiger partial charge in [0.2, 0.25) is 5.88 Å². The first kappa shape index (κ1) is 26.7. The van der Waals surface area contributed by atoms with E-state index >= 15 is 0 Å². The number of benzene rings is 1. The van der Waals surface area contributed by atoms with Crippen LogP contribution in [0.25, 0.3) is 5.69 Å². The van der Waals surface area contributed by atoms with Gasteiger partial charge in [-0.25, -0.2) is 14.5 Å². The molecule has 2 heterocycles. The molecule has 0 spiro atoms. The van der Waals surface area contributed by atoms with Crippen molar-refractivity contribution in [2.24, 2.45) is 5.41 Å². The van der Waals surface area contributed by atoms with Crippen molar-refractivity contribution >= 4 is 17.7 Å². The number of aryl methyl sites for hydroxylation is 1. The van der Waals surface area contributed by atoms with E-state index in [2.05, 4.69) is 46.7 Å². The third-order valence-corrected chi connectivity index (χ3v) is 5.31. The van der Waals surface area contributed by atoms with E-state index in [1.165, 1.54) is 18.0 Å². The molecular formula is C26H34N6O4. The average Bonchev–Trinajstić information content (AvgIpc) is 3.25. The van der Waals surface area contributed by atoms with E-state index in [4.69, 9.17) is 9.47 Å². The number of hydrogen-bond acceptors (Lipinski definition) is 7. The smallest absolute Gasteiger partial charge is 0.414 e. The summed E-state index contributed by atoms with van der Waals surface area (Å²) in [5.41, 5.74) is 3.09. The van der Waals surface area contributed by atoms with Gasteiger partial charge in [-0.2, -0.15) is 0 Å². The maximum atomic E-state index is 13.1. The molecule has 36 heavy (non-hydrogen) atoms. The second kappa shape index (κ2) is 10.3. The molecule has 0 atom stereocenters. The lowest BCUT2D eigenvalue weighted by atomic mass is 9.88. The summed E-state index contributed by atoms with van der Waals surface area (Å²) in [6.45, 7) is 14.6. The summed E-state index contributed by atoms with van der Waals surface area (Å²) in [7, 11) is 1.51. The third kappa shape index (κ3) is 6.80. The maximum Gasteiger partial charge on any atom is 0.414 e. The fourth-order valence-electron chi connectivity index (χ4n) is 3.19. The molecule has 3 aromatic rings. The number of carbonyl (C=O) groups excluding carboxylic acids is 2. The Morgan fingerprint density at radius 2 is 1.81 bits per heavy atom. The van der Waals surface area contributed by atoms with E-state index in [-0.39, 0.29) is 22.6 Å². The van der Waals surface area contributed by atoms with Gasteiger partial charge in [-0.05, 0) is 47.1 Å². The van der Waals surface area contributed by atoms with E-state index in [1.54, 1.807) is 18.3 Å². The van der Waals surface area contributed by atoms with Gasteiger partial charge >= 0.3 is 6.09 Å². The zero-order valence-electron chi connectivity index (χ0n) is 22.1. The van der Waals surface area contributed by atoms with Crippen molar-refractivity contribution in [3.8, 4) is 17.4 Å². The molecule has 0 fully saturated rings. The van der Waals surface area contributed by atoms with Gasteiger partial charge in [0, 0.05) is 18.3 Å². The molecule has 0 aliphatic heterocycles. The molecule has 0 aliphatic rings. The van der Waals surface area contributed by atoms with Crippen LogP contribution in [0.5, 0.6) is 11.8 Å². The summed E-state index contributed by atoms with van der Waals surface area (Å²) in [4.78, 5) is 29.5. The fraction of sp³-hybridized carbons (Fsp3) is 0.423. The molecule has 0 unspecified atom stereocenters. The van der Waals surface area contributed by atoms with Crippen LogP contribution >= 0.6 is 0 Å². The van der Waals surface area contributed by atoms with Crippen molar-refractivity contribution in [3.05, 3.63) is 53.3 Å². The topological polar surface area (TPSA) is 120 Å². The summed E-state index contributed by atoms with van der Waals surface area (Å²) in [6, 6.07) is 7.08. The van der Waals surface area contributed by atoms with Crippen LogP contribution in [-0.2, 0) is 5.41 Å². The summed E-state index contributed by atoms with van der Waals surface area (Å²) < 4.78 is 12.0. The van der Waals surface area contributed by atoms with Crippen LogP contribution in [0.3, 0.4) is 0 Å². The Bertz CT molecular complexity index is 1250. The Kier molecular flexibility index (Phi) is 7.66. The first-order chi connectivity index (χ1) is 16.8. The van der Waals surface area contributed by atoms with Gasteiger partial charge in [0.25, 0.3) is 11.8 Å². The van der Waals surface area contributed by atoms with Crippen LogP contribution in [0.2, 0.25) is 0 Å². The van der Waals surface area contributed by atoms with Crippen molar-refractivity contribution < 1.29 is 19.1 Å². The number of methoxy groups -OCH3 is 1. The number of nitrogens with one attached hydrogen (secondary N) is 2. The molecule has 2 aromatic heterocycles. The molecule has 192 valence electrons. The van der Waals surface area contributed by atoms with Crippen LogP contribution in [0.1, 0.15) is 63.0 Å². The molecule has 1 aromatic carbocycles. The Morgan fingerprint density at radius 1 is 1.08 bits per heavy atom. The molecule has 0 aliphatic carbocycles. The lowest BCUT2D eigenvalue weighted by Crippen LogP contribution is -2.34. The van der Waals surface area contributed by atoms with E-state index in [0.717, 1.165) is 11.1 Å². The third-order valence-electron chi connectivity index (χ3n) is 5.31. The van der Waals surface area contributed by atoms with Crippen molar-refractivity contribution in [1.29, 1.82) is 0 Å². The Labute approximate surface area is 211 Å². The predicted octanol–water partition coefficient (Wildman–Crippen LogP) is 4.66. The van der Waals surface area contributed by atoms with Gasteiger partial charge in [-0.15, -0.1) is 0 Å². The minimum atomic E-state index is -0.609. The van der Waals surface area contributed by atoms with Gasteiger partial charge in [0.1, 0.15) is 5.69 Å². The van der Waals surface area contributed by atoms with Crippen LogP contribution in [0, 0.1) is 12.3 Å². The van der Waals surface area contributed by atoms with Gasteiger partial charge in [0.15, 0.2) is 0 Å². The Balaban J connectivity index is 1.80. The van der Waals surface area contributed by atoms with Crippen molar-refractivity contribution in [1.82, 2.24) is 25.3 Å². The van der Waals surface area contributed by atoms with Crippen LogP contribution < -0.4 is 20.1 Å². The number of hydrogen-bond donors (Lipinski definition) is 2. The summed E-state index contributed by atoms with van der Waals surface area (Å²) >= 11 is 0. The minimum Gasteiger partial charge on any atom is -0.480 e. The lowest BCUT2D eigenvalue weighted by molar-refractivity contribution is 0.102. The van der Waals surface area contributed by atoms with Crippen LogP contribution in [0.4, 0.5) is 10.5 Å². The molecule has 0 saturated carbocycles. The second-order valence-electron chi connectivity index (χ2n) is 10.8. The number of anilines is 1. The lowest BCUT2D eigenvalue weighted by Gasteiger charge is -2.20. The summed E-state index contributed by atoms with van der Waals surface area (Å²) in [5, 5.41) is 13.6. The maximum absolute atomic E-state index is 13.1. The molecular weight excluding hydrogens is 460 g/mol. The minimum absolute atomic E-state index is 0.0467. The van der Waals surface area contributed by atoms with Crippen molar-refractivity contribution in [2.45, 2.75) is 53.9 Å². The second-order valence-corrected chi connectivity index (χ2v) is 10.8. The fourth-order valence-corrected chi connectivity index (χ4v) is 3.19. The van der Waals surface area contributed by atoms with Crippen LogP contribution in [-0.4, -0.2) is 45.6 Å². The van der Waals surface area contributed by atoms with Gasteiger partial charge in [-0.1, -0.05) is 57.9 Å². The largest absolute Gasteiger partial charge is 0.480 e. The molecule has 10 heteroatoms. The molecule has 2 N–H and O–H groups in total. The molecule has 0 bridgehead atoms. The normalized spacial score (nSPS) is 11.7. The number of nitrogens with zero attached hydrogens (tertiary/aromatic N) is 4. The number of ether oxygens (including phenoxy) is 2. The number of carbonyl (C=O) groups is 2. The number of amides is 2. The zero-order valence-corrected chi connectivity index (χ0v) is 22.1. The number of pyridine rings is 1. The Morgan fingerprint density at radius 3 is 2.44 bits per heavy atom. The van der Waals surface area contributed by atoms with Crippen LogP contribution in [0.15, 0.2) is 36.7 Å². The highest BCUT2D eigenvalue weighted by Crippen LogP contribution is 2.30. The van der Waals surface area contributed by atoms with Crippen molar-refractivity contribution in [2.75, 3.05) is 19.0 Å². The van der Waals surface area contributed by atoms with E-state index < -0.39 is 6.09 Å².